The molecule has 6 rings (SSSR count). The molecule has 7 nitrogen and oxygen atoms in total. The van der Waals surface area contributed by atoms with Crippen LogP contribution in [-0.4, -0.2) is 92.1 Å². The zero-order valence-corrected chi connectivity index (χ0v) is 25.0. The smallest absolute Gasteiger partial charge is 0.380 e. The fraction of sp³-hybridized carbons (Fsp3) is 0.567. The average molecular weight is 683 g/mol. The Hall–Kier alpha value is -2.82. The highest BCUT2D eigenvalue weighted by Gasteiger charge is 2.74. The Morgan fingerprint density at radius 1 is 0.891 bits per heavy atom. The molecular formula is C30H30F8N2O5S. The van der Waals surface area contributed by atoms with Gasteiger partial charge in [0.05, 0.1) is 30.2 Å². The number of aryl methyl sites for hydroxylation is 1. The van der Waals surface area contributed by atoms with E-state index in [2.05, 4.69) is 4.90 Å². The van der Waals surface area contributed by atoms with Gasteiger partial charge < -0.3 is 14.7 Å². The summed E-state index contributed by atoms with van der Waals surface area (Å²) in [6.45, 7) is 1.61. The molecule has 0 spiro atoms. The van der Waals surface area contributed by atoms with Gasteiger partial charge in [-0.1, -0.05) is 18.2 Å². The number of hydrogen-bond acceptors (Lipinski definition) is 6. The van der Waals surface area contributed by atoms with Crippen LogP contribution in [0.15, 0.2) is 47.4 Å². The molecule has 2 aromatic rings. The first-order valence-electron chi connectivity index (χ1n) is 14.7. The number of likely N-dealkylation sites (tertiary alicyclic amines) is 2. The topological polar surface area (TPSA) is 87.2 Å². The van der Waals surface area contributed by atoms with E-state index < -0.39 is 61.5 Å². The molecule has 0 saturated carbocycles. The molecule has 3 saturated heterocycles. The van der Waals surface area contributed by atoms with Crippen LogP contribution in [0.1, 0.15) is 42.4 Å². The van der Waals surface area contributed by atoms with Crippen molar-refractivity contribution in [2.45, 2.75) is 77.5 Å². The number of rotatable bonds is 5. The molecule has 1 aliphatic carbocycles. The second-order valence-corrected chi connectivity index (χ2v) is 14.6. The van der Waals surface area contributed by atoms with Crippen molar-refractivity contribution in [3.05, 3.63) is 65.0 Å². The van der Waals surface area contributed by atoms with Gasteiger partial charge in [0.1, 0.15) is 16.2 Å². The van der Waals surface area contributed by atoms with Crippen molar-refractivity contribution in [3.8, 4) is 0 Å². The van der Waals surface area contributed by atoms with E-state index in [1.54, 1.807) is 0 Å². The number of benzene rings is 2. The first-order valence-corrected chi connectivity index (χ1v) is 16.2. The molecule has 46 heavy (non-hydrogen) atoms. The van der Waals surface area contributed by atoms with E-state index in [-0.39, 0.29) is 66.8 Å². The van der Waals surface area contributed by atoms with Gasteiger partial charge in [-0.25, -0.2) is 17.2 Å². The van der Waals surface area contributed by atoms with Crippen molar-refractivity contribution in [3.63, 3.8) is 0 Å². The van der Waals surface area contributed by atoms with Crippen LogP contribution >= 0.6 is 0 Å². The third-order valence-corrected chi connectivity index (χ3v) is 12.6. The highest BCUT2D eigenvalue weighted by molar-refractivity contribution is 7.92. The van der Waals surface area contributed by atoms with E-state index in [1.807, 2.05) is 0 Å². The number of carbonyl (C=O) groups is 1. The van der Waals surface area contributed by atoms with Crippen LogP contribution in [0.5, 0.6) is 0 Å². The van der Waals surface area contributed by atoms with E-state index in [1.165, 1.54) is 4.90 Å². The maximum atomic E-state index is 15.0. The van der Waals surface area contributed by atoms with Gasteiger partial charge in [-0.15, -0.1) is 0 Å². The number of amides is 1. The lowest BCUT2D eigenvalue weighted by atomic mass is 9.76. The monoisotopic (exact) mass is 682 g/mol. The van der Waals surface area contributed by atoms with Gasteiger partial charge in [0.25, 0.3) is 5.91 Å². The second kappa shape index (κ2) is 10.9. The molecule has 0 bridgehead atoms. The Morgan fingerprint density at radius 2 is 1.50 bits per heavy atom. The number of piperidine rings is 1. The number of fused-ring (bicyclic) bond motifs is 3. The lowest BCUT2D eigenvalue weighted by Crippen LogP contribution is -2.61. The lowest BCUT2D eigenvalue weighted by Gasteiger charge is -2.47. The number of ether oxygens (including phenoxy) is 1. The first-order chi connectivity index (χ1) is 21.4. The highest BCUT2D eigenvalue weighted by atomic mass is 32.2. The molecule has 2 aromatic carbocycles. The fourth-order valence-corrected chi connectivity index (χ4v) is 9.84. The molecule has 3 aliphatic heterocycles. The Labute approximate surface area is 259 Å². The van der Waals surface area contributed by atoms with Gasteiger partial charge in [0.2, 0.25) is 0 Å². The van der Waals surface area contributed by atoms with Gasteiger partial charge in [-0.2, -0.15) is 26.3 Å². The maximum absolute atomic E-state index is 15.0. The number of hydrogen-bond donors (Lipinski definition) is 1. The molecule has 16 heteroatoms. The van der Waals surface area contributed by atoms with Gasteiger partial charge >= 0.3 is 18.0 Å². The number of nitrogens with zero attached hydrogens (tertiary/aromatic N) is 2. The Kier molecular flexibility index (Phi) is 7.81. The average Bonchev–Trinajstić information content (AvgIpc) is 3.37. The number of alkyl halides is 7. The molecule has 0 radical (unpaired) electrons. The van der Waals surface area contributed by atoms with E-state index in [0.717, 1.165) is 30.3 Å². The summed E-state index contributed by atoms with van der Waals surface area (Å²) < 4.78 is 142. The summed E-state index contributed by atoms with van der Waals surface area (Å²) in [6, 6.07) is 4.15. The zero-order chi connectivity index (χ0) is 33.5. The first kappa shape index (κ1) is 33.1. The number of halogens is 8. The number of sulfone groups is 1. The number of aliphatic hydroxyl groups is 1. The Balaban J connectivity index is 1.43. The Morgan fingerprint density at radius 3 is 2.04 bits per heavy atom. The lowest BCUT2D eigenvalue weighted by molar-refractivity contribution is -0.348. The molecule has 252 valence electrons. The molecule has 3 fully saturated rings. The highest BCUT2D eigenvalue weighted by Crippen LogP contribution is 2.57. The van der Waals surface area contributed by atoms with Crippen molar-refractivity contribution in [1.29, 1.82) is 0 Å². The molecule has 0 unspecified atom stereocenters. The predicted molar refractivity (Wildman–Crippen MR) is 145 cm³/mol. The minimum atomic E-state index is -6.37. The minimum absolute atomic E-state index is 0.0523. The van der Waals surface area contributed by atoms with Crippen molar-refractivity contribution in [1.82, 2.24) is 9.80 Å². The molecule has 2 atom stereocenters. The normalized spacial score (nSPS) is 25.9. The van der Waals surface area contributed by atoms with Crippen LogP contribution in [0.25, 0.3) is 0 Å². The van der Waals surface area contributed by atoms with Crippen molar-refractivity contribution < 1.29 is 58.2 Å². The fourth-order valence-electron chi connectivity index (χ4n) is 7.47. The summed E-state index contributed by atoms with van der Waals surface area (Å²) in [7, 11) is -4.63. The van der Waals surface area contributed by atoms with E-state index in [4.69, 9.17) is 4.74 Å². The minimum Gasteiger partial charge on any atom is -0.380 e. The molecule has 0 aromatic heterocycles. The summed E-state index contributed by atoms with van der Waals surface area (Å²) in [5.74, 6) is -1.49. The summed E-state index contributed by atoms with van der Waals surface area (Å²) in [6.07, 6.45) is -13.5. The summed E-state index contributed by atoms with van der Waals surface area (Å²) in [4.78, 5) is 16.9. The van der Waals surface area contributed by atoms with E-state index >= 15 is 4.39 Å². The number of carbonyl (C=O) groups excluding carboxylic acids is 1. The standard InChI is InChI=1S/C30H30F8N2O5S/c31-20-3-5-22(6-4-20)46(43,44)27-11-14-40(25(41)26(42)9-12-39(13-10-26)21-16-45-17-21)24(27)8-1-18-15-19(2-7-23(18)27)28(32,29(33,34)35)30(36,37)38/h2-7,15,21,24,42H,1,8-14,16-17H2/t24-,27-/m0/s1. The van der Waals surface area contributed by atoms with Gasteiger partial charge in [-0.05, 0) is 67.5 Å². The van der Waals surface area contributed by atoms with Crippen LogP contribution in [0.4, 0.5) is 35.1 Å². The zero-order valence-electron chi connectivity index (χ0n) is 24.2. The third-order valence-electron chi connectivity index (χ3n) is 10.1. The second-order valence-electron chi connectivity index (χ2n) is 12.4. The van der Waals surface area contributed by atoms with Crippen LogP contribution in [0.3, 0.4) is 0 Å². The van der Waals surface area contributed by atoms with Crippen LogP contribution in [0, 0.1) is 5.82 Å². The third kappa shape index (κ3) is 4.76. The molecule has 1 amide bonds. The Bertz CT molecular complexity index is 1610. The summed E-state index contributed by atoms with van der Waals surface area (Å²) in [5, 5.41) is 11.5. The van der Waals surface area contributed by atoms with Gasteiger partial charge in [0, 0.05) is 25.2 Å². The van der Waals surface area contributed by atoms with E-state index in [0.29, 0.717) is 32.4 Å². The summed E-state index contributed by atoms with van der Waals surface area (Å²) >= 11 is 0. The van der Waals surface area contributed by atoms with Crippen molar-refractivity contribution in [2.24, 2.45) is 0 Å². The molecule has 4 aliphatic rings. The maximum Gasteiger partial charge on any atom is 0.435 e. The van der Waals surface area contributed by atoms with Crippen LogP contribution in [0.2, 0.25) is 0 Å². The van der Waals surface area contributed by atoms with E-state index in [9.17, 15) is 49.1 Å². The van der Waals surface area contributed by atoms with Gasteiger partial charge in [0.15, 0.2) is 9.84 Å². The van der Waals surface area contributed by atoms with Crippen molar-refractivity contribution in [2.75, 3.05) is 32.8 Å². The van der Waals surface area contributed by atoms with Crippen LogP contribution < -0.4 is 0 Å². The predicted octanol–water partition coefficient (Wildman–Crippen LogP) is 4.56. The molecule has 3 heterocycles. The van der Waals surface area contributed by atoms with Gasteiger partial charge in [-0.3, -0.25) is 9.69 Å². The molecular weight excluding hydrogens is 652 g/mol. The van der Waals surface area contributed by atoms with Crippen LogP contribution in [-0.2, 0) is 36.2 Å². The SMILES string of the molecule is O=C(N1CC[C@]2(S(=O)(=O)c3ccc(F)cc3)c3ccc(C(F)(C(F)(F)F)C(F)(F)F)cc3CC[C@H]12)C1(O)CCN(C2COC2)CC1. The molecule has 1 N–H and O–H groups in total. The largest absolute Gasteiger partial charge is 0.435 e. The van der Waals surface area contributed by atoms with Crippen molar-refractivity contribution >= 4 is 15.7 Å². The summed E-state index contributed by atoms with van der Waals surface area (Å²) in [5.41, 5.74) is -9.74. The quantitative estimate of drug-likeness (QED) is 0.368.